The summed E-state index contributed by atoms with van der Waals surface area (Å²) in [5.41, 5.74) is 1.21. The molecule has 0 saturated carbocycles. The number of hydrogen-bond donors (Lipinski definition) is 0. The summed E-state index contributed by atoms with van der Waals surface area (Å²) in [4.78, 5) is 10.1. The second-order valence-corrected chi connectivity index (χ2v) is 3.82. The van der Waals surface area contributed by atoms with Crippen molar-refractivity contribution in [2.75, 3.05) is 0 Å². The fraction of sp³-hybridized carbons (Fsp3) is 0.385. The summed E-state index contributed by atoms with van der Waals surface area (Å²) < 4.78 is 0. The molecule has 0 saturated heterocycles. The lowest BCUT2D eigenvalue weighted by Gasteiger charge is -2.14. The van der Waals surface area contributed by atoms with Crippen LogP contribution in [0.2, 0.25) is 0 Å². The summed E-state index contributed by atoms with van der Waals surface area (Å²) >= 11 is 0. The lowest BCUT2D eigenvalue weighted by molar-refractivity contribution is -0.384. The van der Waals surface area contributed by atoms with E-state index >= 15 is 0 Å². The Balaban J connectivity index is 2.88. The van der Waals surface area contributed by atoms with Crippen LogP contribution in [0.3, 0.4) is 0 Å². The molecular weight excluding hydrogens is 202 g/mol. The molecule has 0 aliphatic heterocycles. The molecule has 0 N–H and O–H groups in total. The van der Waals surface area contributed by atoms with Crippen molar-refractivity contribution in [3.8, 4) is 11.8 Å². The first-order valence-corrected chi connectivity index (χ1v) is 5.23. The number of nitro benzene ring substituents is 1. The Morgan fingerprint density at radius 3 is 2.25 bits per heavy atom. The third-order valence-corrected chi connectivity index (χ3v) is 2.75. The predicted octanol–water partition coefficient (Wildman–Crippen LogP) is 3.36. The highest BCUT2D eigenvalue weighted by Gasteiger charge is 2.13. The monoisotopic (exact) mass is 217 g/mol. The number of nitro groups is 1. The van der Waals surface area contributed by atoms with Crippen molar-refractivity contribution in [2.45, 2.75) is 26.7 Å². The molecule has 1 aromatic rings. The molecule has 0 spiro atoms. The van der Waals surface area contributed by atoms with Gasteiger partial charge < -0.3 is 0 Å². The summed E-state index contributed by atoms with van der Waals surface area (Å²) in [7, 11) is 0. The molecule has 0 amide bonds. The second kappa shape index (κ2) is 5.32. The molecule has 2 atom stereocenters. The zero-order chi connectivity index (χ0) is 12.1. The van der Waals surface area contributed by atoms with E-state index in [4.69, 9.17) is 0 Å². The van der Waals surface area contributed by atoms with Crippen molar-refractivity contribution in [3.63, 3.8) is 0 Å². The van der Waals surface area contributed by atoms with Gasteiger partial charge in [-0.15, -0.1) is 5.92 Å². The zero-order valence-corrected chi connectivity index (χ0v) is 9.73. The summed E-state index contributed by atoms with van der Waals surface area (Å²) in [5.74, 6) is 6.53. The first-order chi connectivity index (χ1) is 7.56. The maximum atomic E-state index is 10.5. The molecule has 0 aromatic heterocycles. The van der Waals surface area contributed by atoms with Gasteiger partial charge in [0.2, 0.25) is 0 Å². The third kappa shape index (κ3) is 2.83. The number of non-ortho nitro benzene ring substituents is 1. The first-order valence-electron chi connectivity index (χ1n) is 5.23. The minimum atomic E-state index is -0.385. The van der Waals surface area contributed by atoms with Crippen LogP contribution >= 0.6 is 0 Å². The van der Waals surface area contributed by atoms with E-state index in [1.54, 1.807) is 12.1 Å². The van der Waals surface area contributed by atoms with Gasteiger partial charge in [-0.2, -0.15) is 0 Å². The van der Waals surface area contributed by atoms with E-state index in [9.17, 15) is 10.1 Å². The summed E-state index contributed by atoms with van der Waals surface area (Å²) in [6, 6.07) is 6.68. The average Bonchev–Trinajstić information content (AvgIpc) is 2.28. The van der Waals surface area contributed by atoms with Gasteiger partial charge in [-0.05, 0) is 18.4 Å². The van der Waals surface area contributed by atoms with Gasteiger partial charge in [-0.1, -0.05) is 31.9 Å². The Hall–Kier alpha value is -1.82. The van der Waals surface area contributed by atoms with Crippen LogP contribution in [0.15, 0.2) is 24.3 Å². The Labute approximate surface area is 95.6 Å². The van der Waals surface area contributed by atoms with E-state index in [-0.39, 0.29) is 22.4 Å². The lowest BCUT2D eigenvalue weighted by atomic mass is 9.89. The molecule has 3 nitrogen and oxygen atoms in total. The highest BCUT2D eigenvalue weighted by atomic mass is 16.6. The van der Waals surface area contributed by atoms with Gasteiger partial charge in [0, 0.05) is 18.1 Å². The number of hydrogen-bond acceptors (Lipinski definition) is 2. The topological polar surface area (TPSA) is 43.1 Å². The third-order valence-electron chi connectivity index (χ3n) is 2.75. The van der Waals surface area contributed by atoms with E-state index in [1.807, 2.05) is 6.92 Å². The smallest absolute Gasteiger partial charge is 0.258 e. The van der Waals surface area contributed by atoms with Crippen LogP contribution in [0, 0.1) is 27.9 Å². The molecule has 1 rings (SSSR count). The van der Waals surface area contributed by atoms with E-state index in [1.165, 1.54) is 12.1 Å². The van der Waals surface area contributed by atoms with Crippen molar-refractivity contribution < 1.29 is 4.92 Å². The molecule has 16 heavy (non-hydrogen) atoms. The summed E-state index contributed by atoms with van der Waals surface area (Å²) in [6.45, 7) is 5.96. The normalized spacial score (nSPS) is 13.4. The predicted molar refractivity (Wildman–Crippen MR) is 64.1 cm³/mol. The largest absolute Gasteiger partial charge is 0.269 e. The minimum absolute atomic E-state index is 0.130. The van der Waals surface area contributed by atoms with Gasteiger partial charge in [0.15, 0.2) is 0 Å². The zero-order valence-electron chi connectivity index (χ0n) is 9.73. The number of nitrogens with zero attached hydrogens (tertiary/aromatic N) is 1. The van der Waals surface area contributed by atoms with Crippen molar-refractivity contribution in [1.82, 2.24) is 0 Å². The average molecular weight is 217 g/mol. The first kappa shape index (κ1) is 12.3. The van der Waals surface area contributed by atoms with E-state index < -0.39 is 0 Å². The van der Waals surface area contributed by atoms with Crippen LogP contribution in [0.1, 0.15) is 32.3 Å². The fourth-order valence-electron chi connectivity index (χ4n) is 1.54. The minimum Gasteiger partial charge on any atom is -0.258 e. The molecule has 0 radical (unpaired) electrons. The van der Waals surface area contributed by atoms with Gasteiger partial charge in [0.25, 0.3) is 5.69 Å². The molecule has 0 aliphatic carbocycles. The standard InChI is InChI=1S/C13H15NO2/c1-4-5-10(2)11(3)12-6-8-13(9-7-12)14(15)16/h6-11H,1-3H3. The Kier molecular flexibility index (Phi) is 4.07. The second-order valence-electron chi connectivity index (χ2n) is 3.82. The molecule has 3 heteroatoms. The Morgan fingerprint density at radius 1 is 1.25 bits per heavy atom. The van der Waals surface area contributed by atoms with Crippen LogP contribution < -0.4 is 0 Å². The lowest BCUT2D eigenvalue weighted by Crippen LogP contribution is -2.04. The van der Waals surface area contributed by atoms with Crippen molar-refractivity contribution in [2.24, 2.45) is 5.92 Å². The highest BCUT2D eigenvalue weighted by Crippen LogP contribution is 2.25. The maximum absolute atomic E-state index is 10.5. The van der Waals surface area contributed by atoms with E-state index in [2.05, 4.69) is 25.7 Å². The molecule has 0 fully saturated rings. The molecule has 1 aromatic carbocycles. The molecule has 2 unspecified atom stereocenters. The quantitative estimate of drug-likeness (QED) is 0.442. The van der Waals surface area contributed by atoms with Gasteiger partial charge in [0.05, 0.1) is 4.92 Å². The van der Waals surface area contributed by atoms with Gasteiger partial charge in [-0.3, -0.25) is 10.1 Å². The highest BCUT2D eigenvalue weighted by molar-refractivity contribution is 5.35. The molecular formula is C13H15NO2. The van der Waals surface area contributed by atoms with Crippen molar-refractivity contribution in [1.29, 1.82) is 0 Å². The number of rotatable bonds is 3. The Bertz CT molecular complexity index is 425. The van der Waals surface area contributed by atoms with E-state index in [0.29, 0.717) is 0 Å². The molecule has 0 heterocycles. The summed E-state index contributed by atoms with van der Waals surface area (Å²) in [5, 5.41) is 10.5. The van der Waals surface area contributed by atoms with Crippen molar-refractivity contribution >= 4 is 5.69 Å². The van der Waals surface area contributed by atoms with Crippen LogP contribution in [-0.2, 0) is 0 Å². The van der Waals surface area contributed by atoms with Gasteiger partial charge in [0.1, 0.15) is 0 Å². The van der Waals surface area contributed by atoms with Gasteiger partial charge in [-0.25, -0.2) is 0 Å². The van der Waals surface area contributed by atoms with Crippen LogP contribution in [0.5, 0.6) is 0 Å². The fourth-order valence-corrected chi connectivity index (χ4v) is 1.54. The molecule has 0 bridgehead atoms. The maximum Gasteiger partial charge on any atom is 0.269 e. The SMILES string of the molecule is CC#CC(C)C(C)c1ccc([N+](=O)[O-])cc1. The molecule has 0 aliphatic rings. The van der Waals surface area contributed by atoms with Crippen molar-refractivity contribution in [3.05, 3.63) is 39.9 Å². The van der Waals surface area contributed by atoms with Crippen LogP contribution in [0.25, 0.3) is 0 Å². The van der Waals surface area contributed by atoms with Gasteiger partial charge >= 0.3 is 0 Å². The van der Waals surface area contributed by atoms with E-state index in [0.717, 1.165) is 5.56 Å². The molecule has 84 valence electrons. The van der Waals surface area contributed by atoms with Crippen LogP contribution in [-0.4, -0.2) is 4.92 Å². The Morgan fingerprint density at radius 2 is 1.81 bits per heavy atom. The van der Waals surface area contributed by atoms with Crippen LogP contribution in [0.4, 0.5) is 5.69 Å². The number of benzene rings is 1. The summed E-state index contributed by atoms with van der Waals surface area (Å²) in [6.07, 6.45) is 0.